The maximum Gasteiger partial charge on any atom is 0.416 e. The van der Waals surface area contributed by atoms with Gasteiger partial charge in [-0.15, -0.1) is 0 Å². The van der Waals surface area contributed by atoms with Crippen LogP contribution in [-0.2, 0) is 15.7 Å². The number of benzene rings is 1. The molecular weight excluding hydrogens is 247 g/mol. The lowest BCUT2D eigenvalue weighted by atomic mass is 10.2. The summed E-state index contributed by atoms with van der Waals surface area (Å²) in [4.78, 5) is 11.7. The van der Waals surface area contributed by atoms with Crippen LogP contribution in [0.2, 0.25) is 0 Å². The quantitative estimate of drug-likeness (QED) is 0.886. The molecule has 0 radical (unpaired) electrons. The second kappa shape index (κ2) is 4.97. The smallest absolute Gasteiger partial charge is 0.368 e. The molecule has 1 aromatic rings. The Hall–Kier alpha value is -1.56. The number of carbonyl (C=O) groups is 1. The van der Waals surface area contributed by atoms with Crippen molar-refractivity contribution in [3.63, 3.8) is 0 Å². The van der Waals surface area contributed by atoms with Gasteiger partial charge in [-0.25, -0.2) is 0 Å². The summed E-state index contributed by atoms with van der Waals surface area (Å²) in [6.45, 7) is 0.515. The molecule has 1 saturated heterocycles. The maximum absolute atomic E-state index is 12.5. The molecule has 0 aromatic heterocycles. The summed E-state index contributed by atoms with van der Waals surface area (Å²) >= 11 is 0. The maximum atomic E-state index is 12.5. The molecule has 3 nitrogen and oxygen atoms in total. The van der Waals surface area contributed by atoms with Gasteiger partial charge in [0.05, 0.1) is 5.56 Å². The fourth-order valence-corrected chi connectivity index (χ4v) is 1.78. The Morgan fingerprint density at radius 2 is 2.17 bits per heavy atom. The third-order valence-corrected chi connectivity index (χ3v) is 2.68. The molecule has 1 atom stereocenters. The summed E-state index contributed by atoms with van der Waals surface area (Å²) in [5.41, 5.74) is -0.655. The van der Waals surface area contributed by atoms with Crippen molar-refractivity contribution in [2.75, 3.05) is 11.9 Å². The van der Waals surface area contributed by atoms with Gasteiger partial charge in [0.15, 0.2) is 0 Å². The Morgan fingerprint density at radius 1 is 1.39 bits per heavy atom. The van der Waals surface area contributed by atoms with E-state index in [1.165, 1.54) is 12.1 Å². The van der Waals surface area contributed by atoms with Gasteiger partial charge in [-0.2, -0.15) is 13.2 Å². The van der Waals surface area contributed by atoms with Gasteiger partial charge in [0.2, 0.25) is 0 Å². The molecule has 0 aliphatic carbocycles. The van der Waals surface area contributed by atoms with Crippen LogP contribution in [0.3, 0.4) is 0 Å². The van der Waals surface area contributed by atoms with Crippen molar-refractivity contribution in [1.82, 2.24) is 0 Å². The van der Waals surface area contributed by atoms with Crippen LogP contribution in [0.25, 0.3) is 0 Å². The first-order chi connectivity index (χ1) is 8.47. The first-order valence-corrected chi connectivity index (χ1v) is 5.56. The second-order valence-electron chi connectivity index (χ2n) is 4.07. The number of alkyl halides is 3. The van der Waals surface area contributed by atoms with Gasteiger partial charge < -0.3 is 10.1 Å². The van der Waals surface area contributed by atoms with Crippen molar-refractivity contribution < 1.29 is 22.7 Å². The van der Waals surface area contributed by atoms with Gasteiger partial charge >= 0.3 is 6.18 Å². The van der Waals surface area contributed by atoms with Gasteiger partial charge in [-0.3, -0.25) is 4.79 Å². The molecule has 1 aliphatic rings. The third kappa shape index (κ3) is 3.01. The van der Waals surface area contributed by atoms with Crippen molar-refractivity contribution >= 4 is 11.6 Å². The number of amides is 1. The molecule has 0 bridgehead atoms. The van der Waals surface area contributed by atoms with E-state index in [1.54, 1.807) is 0 Å². The minimum atomic E-state index is -4.41. The van der Waals surface area contributed by atoms with E-state index < -0.39 is 23.8 Å². The van der Waals surface area contributed by atoms with Crippen molar-refractivity contribution in [2.45, 2.75) is 25.1 Å². The van der Waals surface area contributed by atoms with Crippen LogP contribution in [0.1, 0.15) is 18.4 Å². The normalized spacial score (nSPS) is 19.8. The van der Waals surface area contributed by atoms with E-state index in [4.69, 9.17) is 4.74 Å². The molecule has 1 heterocycles. The molecule has 1 fully saturated rings. The number of ether oxygens (including phenoxy) is 1. The van der Waals surface area contributed by atoms with Crippen LogP contribution in [0.5, 0.6) is 0 Å². The van der Waals surface area contributed by atoms with E-state index >= 15 is 0 Å². The van der Waals surface area contributed by atoms with E-state index in [2.05, 4.69) is 5.32 Å². The Kier molecular flexibility index (Phi) is 3.56. The van der Waals surface area contributed by atoms with Crippen LogP contribution in [0.4, 0.5) is 18.9 Å². The number of anilines is 1. The Labute approximate surface area is 102 Å². The van der Waals surface area contributed by atoms with E-state index in [0.717, 1.165) is 18.6 Å². The number of carbonyl (C=O) groups excluding carboxylic acids is 1. The minimum Gasteiger partial charge on any atom is -0.368 e. The van der Waals surface area contributed by atoms with E-state index in [9.17, 15) is 18.0 Å². The zero-order chi connectivity index (χ0) is 13.2. The number of rotatable bonds is 2. The highest BCUT2D eigenvalue weighted by Crippen LogP contribution is 2.30. The van der Waals surface area contributed by atoms with Crippen LogP contribution in [0.15, 0.2) is 24.3 Å². The molecule has 1 aromatic carbocycles. The molecule has 98 valence electrons. The molecule has 0 unspecified atom stereocenters. The van der Waals surface area contributed by atoms with E-state index in [1.807, 2.05) is 0 Å². The average Bonchev–Trinajstić information content (AvgIpc) is 2.81. The molecule has 0 saturated carbocycles. The molecule has 6 heteroatoms. The highest BCUT2D eigenvalue weighted by Gasteiger charge is 2.31. The number of hydrogen-bond acceptors (Lipinski definition) is 2. The summed E-state index contributed by atoms with van der Waals surface area (Å²) in [6, 6.07) is 4.55. The molecule has 0 spiro atoms. The SMILES string of the molecule is O=C(Nc1cccc(C(F)(F)F)c1)[C@H]1CCCO1. The minimum absolute atomic E-state index is 0.130. The molecule has 18 heavy (non-hydrogen) atoms. The van der Waals surface area contributed by atoms with Crippen molar-refractivity contribution in [2.24, 2.45) is 0 Å². The van der Waals surface area contributed by atoms with Crippen LogP contribution >= 0.6 is 0 Å². The Balaban J connectivity index is 2.07. The van der Waals surface area contributed by atoms with Crippen molar-refractivity contribution in [3.05, 3.63) is 29.8 Å². The van der Waals surface area contributed by atoms with Gasteiger partial charge in [0.1, 0.15) is 6.10 Å². The second-order valence-corrected chi connectivity index (χ2v) is 4.07. The summed E-state index contributed by atoms with van der Waals surface area (Å²) in [5, 5.41) is 2.43. The first-order valence-electron chi connectivity index (χ1n) is 5.56. The zero-order valence-corrected chi connectivity index (χ0v) is 9.46. The lowest BCUT2D eigenvalue weighted by Crippen LogP contribution is -2.26. The van der Waals surface area contributed by atoms with Crippen LogP contribution in [-0.4, -0.2) is 18.6 Å². The predicted molar refractivity (Wildman–Crippen MR) is 59.0 cm³/mol. The van der Waals surface area contributed by atoms with Crippen LogP contribution in [0, 0.1) is 0 Å². The third-order valence-electron chi connectivity index (χ3n) is 2.68. The highest BCUT2D eigenvalue weighted by molar-refractivity contribution is 5.94. The monoisotopic (exact) mass is 259 g/mol. The van der Waals surface area contributed by atoms with Gasteiger partial charge in [0, 0.05) is 12.3 Å². The first kappa shape index (κ1) is 12.9. The summed E-state index contributed by atoms with van der Waals surface area (Å²) in [5.74, 6) is -0.396. The average molecular weight is 259 g/mol. The predicted octanol–water partition coefficient (Wildman–Crippen LogP) is 2.82. The lowest BCUT2D eigenvalue weighted by molar-refractivity contribution is -0.137. The van der Waals surface area contributed by atoms with Crippen molar-refractivity contribution in [3.8, 4) is 0 Å². The largest absolute Gasteiger partial charge is 0.416 e. The van der Waals surface area contributed by atoms with E-state index in [0.29, 0.717) is 13.0 Å². The van der Waals surface area contributed by atoms with Gasteiger partial charge in [0.25, 0.3) is 5.91 Å². The topological polar surface area (TPSA) is 38.3 Å². The lowest BCUT2D eigenvalue weighted by Gasteiger charge is -2.12. The van der Waals surface area contributed by atoms with Crippen molar-refractivity contribution in [1.29, 1.82) is 0 Å². The number of halogens is 3. The van der Waals surface area contributed by atoms with Crippen LogP contribution < -0.4 is 5.32 Å². The summed E-state index contributed by atoms with van der Waals surface area (Å²) in [6.07, 6.45) is -3.57. The number of nitrogens with one attached hydrogen (secondary N) is 1. The van der Waals surface area contributed by atoms with Gasteiger partial charge in [-0.1, -0.05) is 6.07 Å². The highest BCUT2D eigenvalue weighted by atomic mass is 19.4. The number of hydrogen-bond donors (Lipinski definition) is 1. The summed E-state index contributed by atoms with van der Waals surface area (Å²) < 4.78 is 42.6. The fraction of sp³-hybridized carbons (Fsp3) is 0.417. The standard InChI is InChI=1S/C12H12F3NO2/c13-12(14,15)8-3-1-4-9(7-8)16-11(17)10-5-2-6-18-10/h1,3-4,7,10H,2,5-6H2,(H,16,17)/t10-/m1/s1. The molecule has 1 amide bonds. The van der Waals surface area contributed by atoms with Gasteiger partial charge in [-0.05, 0) is 31.0 Å². The molecule has 1 N–H and O–H groups in total. The Morgan fingerprint density at radius 3 is 2.78 bits per heavy atom. The zero-order valence-electron chi connectivity index (χ0n) is 9.46. The molecule has 1 aliphatic heterocycles. The van der Waals surface area contributed by atoms with E-state index in [-0.39, 0.29) is 5.69 Å². The summed E-state index contributed by atoms with van der Waals surface area (Å²) in [7, 11) is 0. The molecular formula is C12H12F3NO2. The fourth-order valence-electron chi connectivity index (χ4n) is 1.78. The Bertz CT molecular complexity index is 439. The molecule has 2 rings (SSSR count).